The van der Waals surface area contributed by atoms with Gasteiger partial charge in [-0.15, -0.1) is 0 Å². The number of hydrogen-bond donors (Lipinski definition) is 1. The Morgan fingerprint density at radius 2 is 2.00 bits per heavy atom. The summed E-state index contributed by atoms with van der Waals surface area (Å²) in [6, 6.07) is 6.55. The molecule has 1 aliphatic heterocycles. The van der Waals surface area contributed by atoms with E-state index < -0.39 is 8.32 Å². The Hall–Kier alpha value is -1.44. The van der Waals surface area contributed by atoms with E-state index in [9.17, 15) is 15.2 Å². The first-order valence-corrected chi connectivity index (χ1v) is 11.3. The Labute approximate surface area is 144 Å². The van der Waals surface area contributed by atoms with E-state index in [4.69, 9.17) is 4.43 Å². The minimum absolute atomic E-state index is 0.0112. The highest BCUT2D eigenvalue weighted by molar-refractivity contribution is 6.74. The molecule has 1 fully saturated rings. The van der Waals surface area contributed by atoms with Gasteiger partial charge >= 0.3 is 0 Å². The Balaban J connectivity index is 2.23. The van der Waals surface area contributed by atoms with Crippen LogP contribution in [0, 0.1) is 10.1 Å². The molecule has 0 aliphatic carbocycles. The number of para-hydroxylation sites is 2. The Morgan fingerprint density at radius 1 is 1.38 bits per heavy atom. The van der Waals surface area contributed by atoms with Crippen LogP contribution in [0.3, 0.4) is 0 Å². The summed E-state index contributed by atoms with van der Waals surface area (Å²) in [5.74, 6) is 0. The first-order valence-electron chi connectivity index (χ1n) is 8.35. The summed E-state index contributed by atoms with van der Waals surface area (Å²) in [5.41, 5.74) is 0.631. The van der Waals surface area contributed by atoms with Gasteiger partial charge in [0, 0.05) is 12.6 Å². The molecule has 0 amide bonds. The minimum atomic E-state index is -1.92. The fourth-order valence-corrected chi connectivity index (χ4v) is 4.24. The van der Waals surface area contributed by atoms with Crippen LogP contribution in [0.2, 0.25) is 18.1 Å². The number of rotatable bonds is 5. The van der Waals surface area contributed by atoms with Crippen LogP contribution in [0.15, 0.2) is 24.3 Å². The summed E-state index contributed by atoms with van der Waals surface area (Å²) in [4.78, 5) is 12.9. The van der Waals surface area contributed by atoms with E-state index in [1.807, 2.05) is 4.90 Å². The van der Waals surface area contributed by atoms with E-state index in [-0.39, 0.29) is 34.4 Å². The molecule has 2 atom stereocenters. The van der Waals surface area contributed by atoms with Crippen LogP contribution in [0.25, 0.3) is 0 Å². The standard InChI is InChI=1S/C17H28N2O4Si/c1-17(2,3)24(4,5)23-14-10-13(12-20)18(11-14)15-8-6-7-9-16(15)19(21)22/h6-9,13-14,20H,10-12H2,1-5H3/t13-,14+/m0/s1. The van der Waals surface area contributed by atoms with Gasteiger partial charge in [0.1, 0.15) is 5.69 Å². The van der Waals surface area contributed by atoms with E-state index in [2.05, 4.69) is 33.9 Å². The highest BCUT2D eigenvalue weighted by Crippen LogP contribution is 2.40. The maximum Gasteiger partial charge on any atom is 0.292 e. The van der Waals surface area contributed by atoms with Gasteiger partial charge in [-0.2, -0.15) is 0 Å². The maximum absolute atomic E-state index is 11.3. The summed E-state index contributed by atoms with van der Waals surface area (Å²) >= 11 is 0. The van der Waals surface area contributed by atoms with Gasteiger partial charge in [-0.05, 0) is 30.6 Å². The van der Waals surface area contributed by atoms with Crippen molar-refractivity contribution in [2.24, 2.45) is 0 Å². The van der Waals surface area contributed by atoms with Gasteiger partial charge in [0.05, 0.1) is 23.7 Å². The number of hydrogen-bond acceptors (Lipinski definition) is 5. The molecule has 1 saturated heterocycles. The molecular formula is C17H28N2O4Si. The second kappa shape index (κ2) is 6.82. The molecule has 1 aromatic rings. The molecule has 1 N–H and O–H groups in total. The molecule has 0 aromatic heterocycles. The predicted octanol–water partition coefficient (Wildman–Crippen LogP) is 3.56. The number of nitrogens with zero attached hydrogens (tertiary/aromatic N) is 2. The minimum Gasteiger partial charge on any atom is -0.412 e. The molecule has 7 heteroatoms. The third kappa shape index (κ3) is 3.79. The van der Waals surface area contributed by atoms with Crippen LogP contribution in [0.1, 0.15) is 27.2 Å². The van der Waals surface area contributed by atoms with Crippen molar-refractivity contribution in [3.8, 4) is 0 Å². The molecule has 0 unspecified atom stereocenters. The zero-order chi connectivity index (χ0) is 18.1. The van der Waals surface area contributed by atoms with E-state index >= 15 is 0 Å². The second-order valence-corrected chi connectivity index (χ2v) is 12.7. The Kier molecular flexibility index (Phi) is 5.36. The number of aliphatic hydroxyl groups excluding tert-OH is 1. The van der Waals surface area contributed by atoms with Crippen LogP contribution >= 0.6 is 0 Å². The van der Waals surface area contributed by atoms with Gasteiger partial charge in [0.25, 0.3) is 5.69 Å². The van der Waals surface area contributed by atoms with Crippen molar-refractivity contribution in [2.45, 2.75) is 57.5 Å². The van der Waals surface area contributed by atoms with Gasteiger partial charge < -0.3 is 14.4 Å². The zero-order valence-electron chi connectivity index (χ0n) is 15.2. The van der Waals surface area contributed by atoms with Crippen molar-refractivity contribution in [3.63, 3.8) is 0 Å². The number of aliphatic hydroxyl groups is 1. The second-order valence-electron chi connectivity index (χ2n) is 7.97. The molecule has 1 aromatic carbocycles. The molecule has 6 nitrogen and oxygen atoms in total. The molecule has 0 bridgehead atoms. The molecule has 0 radical (unpaired) electrons. The fraction of sp³-hybridized carbons (Fsp3) is 0.647. The molecule has 2 rings (SSSR count). The molecule has 1 heterocycles. The number of anilines is 1. The normalized spacial score (nSPS) is 22.0. The van der Waals surface area contributed by atoms with Gasteiger partial charge in [-0.3, -0.25) is 10.1 Å². The molecular weight excluding hydrogens is 324 g/mol. The van der Waals surface area contributed by atoms with Crippen molar-refractivity contribution in [2.75, 3.05) is 18.1 Å². The highest BCUT2D eigenvalue weighted by Gasteiger charge is 2.43. The van der Waals surface area contributed by atoms with Gasteiger partial charge in [-0.1, -0.05) is 32.9 Å². The lowest BCUT2D eigenvalue weighted by atomic mass is 10.2. The number of nitro groups is 1. The third-order valence-corrected chi connectivity index (χ3v) is 9.78. The molecule has 0 spiro atoms. The first kappa shape index (κ1) is 18.9. The summed E-state index contributed by atoms with van der Waals surface area (Å²) in [6.07, 6.45) is 0.678. The maximum atomic E-state index is 11.3. The Bertz CT molecular complexity index is 600. The average Bonchev–Trinajstić information content (AvgIpc) is 2.88. The lowest BCUT2D eigenvalue weighted by Crippen LogP contribution is -2.44. The molecule has 0 saturated carbocycles. The smallest absolute Gasteiger partial charge is 0.292 e. The van der Waals surface area contributed by atoms with Crippen molar-refractivity contribution in [1.82, 2.24) is 0 Å². The van der Waals surface area contributed by atoms with Crippen molar-refractivity contribution >= 4 is 19.7 Å². The van der Waals surface area contributed by atoms with Crippen LogP contribution in [0.4, 0.5) is 11.4 Å². The predicted molar refractivity (Wildman–Crippen MR) is 98.0 cm³/mol. The van der Waals surface area contributed by atoms with Crippen molar-refractivity contribution in [1.29, 1.82) is 0 Å². The molecule has 1 aliphatic rings. The van der Waals surface area contributed by atoms with Crippen molar-refractivity contribution < 1.29 is 14.5 Å². The Morgan fingerprint density at radius 3 is 2.54 bits per heavy atom. The van der Waals surface area contributed by atoms with Gasteiger partial charge in [-0.25, -0.2) is 0 Å². The summed E-state index contributed by atoms with van der Waals surface area (Å²) in [6.45, 7) is 11.5. The fourth-order valence-electron chi connectivity index (χ4n) is 2.88. The SMILES string of the molecule is CC(C)(C)[Si](C)(C)O[C@@H]1C[C@@H](CO)N(c2ccccc2[N+](=O)[O-])C1. The van der Waals surface area contributed by atoms with E-state index in [1.54, 1.807) is 18.2 Å². The van der Waals surface area contributed by atoms with Crippen LogP contribution in [-0.2, 0) is 4.43 Å². The van der Waals surface area contributed by atoms with E-state index in [0.717, 1.165) is 0 Å². The zero-order valence-corrected chi connectivity index (χ0v) is 16.2. The third-order valence-electron chi connectivity index (χ3n) is 5.24. The monoisotopic (exact) mass is 352 g/mol. The quantitative estimate of drug-likeness (QED) is 0.498. The lowest BCUT2D eigenvalue weighted by molar-refractivity contribution is -0.384. The topological polar surface area (TPSA) is 75.8 Å². The lowest BCUT2D eigenvalue weighted by Gasteiger charge is -2.38. The van der Waals surface area contributed by atoms with E-state index in [0.29, 0.717) is 18.7 Å². The van der Waals surface area contributed by atoms with Crippen molar-refractivity contribution in [3.05, 3.63) is 34.4 Å². The molecule has 24 heavy (non-hydrogen) atoms. The molecule has 134 valence electrons. The summed E-state index contributed by atoms with van der Waals surface area (Å²) in [7, 11) is -1.92. The number of benzene rings is 1. The van der Waals surface area contributed by atoms with Gasteiger partial charge in [0.15, 0.2) is 8.32 Å². The summed E-state index contributed by atoms with van der Waals surface area (Å²) in [5, 5.41) is 21.2. The van der Waals surface area contributed by atoms with Crippen LogP contribution in [-0.4, -0.2) is 43.6 Å². The van der Waals surface area contributed by atoms with Gasteiger partial charge in [0.2, 0.25) is 0 Å². The van der Waals surface area contributed by atoms with E-state index in [1.165, 1.54) is 6.07 Å². The highest BCUT2D eigenvalue weighted by atomic mass is 28.4. The van der Waals surface area contributed by atoms with Crippen LogP contribution < -0.4 is 4.90 Å². The largest absolute Gasteiger partial charge is 0.412 e. The summed E-state index contributed by atoms with van der Waals surface area (Å²) < 4.78 is 6.46. The first-order chi connectivity index (χ1) is 11.1. The average molecular weight is 353 g/mol. The van der Waals surface area contributed by atoms with Crippen LogP contribution in [0.5, 0.6) is 0 Å². The number of nitro benzene ring substituents is 1.